The van der Waals surface area contributed by atoms with E-state index in [0.29, 0.717) is 16.7 Å². The highest BCUT2D eigenvalue weighted by Crippen LogP contribution is 2.34. The zero-order valence-electron chi connectivity index (χ0n) is 12.3. The molecule has 3 N–H and O–H groups in total. The van der Waals surface area contributed by atoms with Gasteiger partial charge in [-0.05, 0) is 36.8 Å². The minimum Gasteiger partial charge on any atom is -0.480 e. The van der Waals surface area contributed by atoms with Crippen molar-refractivity contribution in [3.8, 4) is 0 Å². The molecule has 0 saturated heterocycles. The van der Waals surface area contributed by atoms with Crippen LogP contribution in [0.15, 0.2) is 52.9 Å². The fourth-order valence-corrected chi connectivity index (χ4v) is 2.41. The number of nitrogens with zero attached hydrogens (tertiary/aromatic N) is 1. The number of aromatic nitrogens is 1. The Morgan fingerprint density at radius 1 is 1.17 bits per heavy atom. The van der Waals surface area contributed by atoms with Crippen molar-refractivity contribution >= 4 is 23.0 Å². The SMILES string of the molecule is CC(C(=O)O)(c1cccc(C(N)=O)c1)c1nc2ccccc2o1. The first-order valence-corrected chi connectivity index (χ1v) is 6.92. The molecule has 23 heavy (non-hydrogen) atoms. The number of carbonyl (C=O) groups is 2. The number of carbonyl (C=O) groups excluding carboxylic acids is 1. The summed E-state index contributed by atoms with van der Waals surface area (Å²) in [6.07, 6.45) is 0. The molecule has 1 aromatic heterocycles. The van der Waals surface area contributed by atoms with Gasteiger partial charge in [0.15, 0.2) is 11.0 Å². The molecule has 6 heteroatoms. The van der Waals surface area contributed by atoms with Crippen LogP contribution in [-0.2, 0) is 10.2 Å². The van der Waals surface area contributed by atoms with Crippen LogP contribution in [0.5, 0.6) is 0 Å². The Morgan fingerprint density at radius 2 is 1.91 bits per heavy atom. The third-order valence-electron chi connectivity index (χ3n) is 3.87. The summed E-state index contributed by atoms with van der Waals surface area (Å²) in [4.78, 5) is 27.6. The zero-order valence-corrected chi connectivity index (χ0v) is 12.3. The number of fused-ring (bicyclic) bond motifs is 1. The van der Waals surface area contributed by atoms with Crippen LogP contribution in [0.1, 0.15) is 28.7 Å². The summed E-state index contributed by atoms with van der Waals surface area (Å²) in [5.41, 5.74) is 5.41. The van der Waals surface area contributed by atoms with Gasteiger partial charge in [0.05, 0.1) is 0 Å². The highest BCUT2D eigenvalue weighted by Gasteiger charge is 2.42. The Bertz CT molecular complexity index is 883. The molecule has 3 aromatic rings. The zero-order chi connectivity index (χ0) is 16.6. The van der Waals surface area contributed by atoms with Gasteiger partial charge in [0, 0.05) is 5.56 Å². The second-order valence-corrected chi connectivity index (χ2v) is 5.36. The maximum atomic E-state index is 12.0. The standard InChI is InChI=1S/C17H14N2O4/c1-17(16(21)22,11-6-4-5-10(9-11)14(18)20)15-19-12-7-2-3-8-13(12)23-15/h2-9H,1H3,(H2,18,20)(H,21,22). The third kappa shape index (κ3) is 2.34. The largest absolute Gasteiger partial charge is 0.480 e. The van der Waals surface area contributed by atoms with Crippen molar-refractivity contribution in [2.24, 2.45) is 5.73 Å². The Labute approximate surface area is 131 Å². The van der Waals surface area contributed by atoms with Crippen molar-refractivity contribution in [2.75, 3.05) is 0 Å². The maximum absolute atomic E-state index is 12.0. The number of amides is 1. The van der Waals surface area contributed by atoms with Crippen LogP contribution in [0.3, 0.4) is 0 Å². The Kier molecular flexibility index (Phi) is 3.37. The number of oxazole rings is 1. The lowest BCUT2D eigenvalue weighted by atomic mass is 9.81. The van der Waals surface area contributed by atoms with Crippen LogP contribution >= 0.6 is 0 Å². The van der Waals surface area contributed by atoms with Crippen molar-refractivity contribution < 1.29 is 19.1 Å². The van der Waals surface area contributed by atoms with Gasteiger partial charge in [0.1, 0.15) is 5.52 Å². The van der Waals surface area contributed by atoms with Crippen LogP contribution < -0.4 is 5.73 Å². The highest BCUT2D eigenvalue weighted by molar-refractivity contribution is 5.94. The fourth-order valence-electron chi connectivity index (χ4n) is 2.41. The molecular weight excluding hydrogens is 296 g/mol. The maximum Gasteiger partial charge on any atom is 0.323 e. The number of aliphatic carboxylic acids is 1. The minimum atomic E-state index is -1.54. The molecule has 1 heterocycles. The van der Waals surface area contributed by atoms with Gasteiger partial charge < -0.3 is 15.3 Å². The molecule has 0 aliphatic carbocycles. The second kappa shape index (κ2) is 5.24. The number of nitrogens with two attached hydrogens (primary N) is 1. The number of hydrogen-bond donors (Lipinski definition) is 2. The van der Waals surface area contributed by atoms with Crippen LogP contribution in [0, 0.1) is 0 Å². The molecule has 1 amide bonds. The lowest BCUT2D eigenvalue weighted by molar-refractivity contribution is -0.142. The van der Waals surface area contributed by atoms with Crippen molar-refractivity contribution in [2.45, 2.75) is 12.3 Å². The van der Waals surface area contributed by atoms with Gasteiger partial charge in [0.25, 0.3) is 0 Å². The lowest BCUT2D eigenvalue weighted by Crippen LogP contribution is -2.34. The first-order valence-electron chi connectivity index (χ1n) is 6.92. The number of hydrogen-bond acceptors (Lipinski definition) is 4. The van der Waals surface area contributed by atoms with Crippen molar-refractivity contribution in [1.29, 1.82) is 0 Å². The van der Waals surface area contributed by atoms with E-state index in [-0.39, 0.29) is 11.5 Å². The molecule has 3 rings (SSSR count). The van der Waals surface area contributed by atoms with Gasteiger partial charge in [-0.1, -0.05) is 24.3 Å². The Hall–Kier alpha value is -3.15. The van der Waals surface area contributed by atoms with E-state index < -0.39 is 17.3 Å². The van der Waals surface area contributed by atoms with Gasteiger partial charge >= 0.3 is 5.97 Å². The number of benzene rings is 2. The van der Waals surface area contributed by atoms with Gasteiger partial charge in [0.2, 0.25) is 11.8 Å². The van der Waals surface area contributed by atoms with Crippen LogP contribution in [-0.4, -0.2) is 22.0 Å². The molecule has 116 valence electrons. The monoisotopic (exact) mass is 310 g/mol. The summed E-state index contributed by atoms with van der Waals surface area (Å²) < 4.78 is 5.64. The molecule has 1 atom stereocenters. The number of rotatable bonds is 4. The first kappa shape index (κ1) is 14.8. The van der Waals surface area contributed by atoms with E-state index in [0.717, 1.165) is 0 Å². The molecule has 1 unspecified atom stereocenters. The third-order valence-corrected chi connectivity index (χ3v) is 3.87. The van der Waals surface area contributed by atoms with Gasteiger partial charge in [-0.3, -0.25) is 9.59 Å². The molecule has 6 nitrogen and oxygen atoms in total. The molecule has 0 radical (unpaired) electrons. The van der Waals surface area contributed by atoms with Gasteiger partial charge in [-0.25, -0.2) is 4.98 Å². The van der Waals surface area contributed by atoms with E-state index in [9.17, 15) is 14.7 Å². The van der Waals surface area contributed by atoms with Crippen molar-refractivity contribution in [3.63, 3.8) is 0 Å². The van der Waals surface area contributed by atoms with E-state index in [1.54, 1.807) is 36.4 Å². The van der Waals surface area contributed by atoms with Crippen LogP contribution in [0.25, 0.3) is 11.1 Å². The number of primary amides is 1. The van der Waals surface area contributed by atoms with Crippen LogP contribution in [0.2, 0.25) is 0 Å². The smallest absolute Gasteiger partial charge is 0.323 e. The van der Waals surface area contributed by atoms with Crippen molar-refractivity contribution in [3.05, 3.63) is 65.5 Å². The average molecular weight is 310 g/mol. The second-order valence-electron chi connectivity index (χ2n) is 5.36. The number of para-hydroxylation sites is 2. The normalized spacial score (nSPS) is 13.6. The quantitative estimate of drug-likeness (QED) is 0.769. The molecule has 0 saturated carbocycles. The number of carboxylic acids is 1. The van der Waals surface area contributed by atoms with Gasteiger partial charge in [-0.2, -0.15) is 0 Å². The summed E-state index contributed by atoms with van der Waals surface area (Å²) in [7, 11) is 0. The Balaban J connectivity index is 2.22. The van der Waals surface area contributed by atoms with E-state index in [2.05, 4.69) is 4.98 Å². The predicted octanol–water partition coefficient (Wildman–Crippen LogP) is 2.32. The van der Waals surface area contributed by atoms with Crippen molar-refractivity contribution in [1.82, 2.24) is 4.98 Å². The van der Waals surface area contributed by atoms with Crippen LogP contribution in [0.4, 0.5) is 0 Å². The molecule has 2 aromatic carbocycles. The van der Waals surface area contributed by atoms with E-state index in [1.165, 1.54) is 19.1 Å². The summed E-state index contributed by atoms with van der Waals surface area (Å²) in [6, 6.07) is 13.2. The molecule has 0 fully saturated rings. The summed E-state index contributed by atoms with van der Waals surface area (Å²) in [5.74, 6) is -1.71. The summed E-state index contributed by atoms with van der Waals surface area (Å²) in [5, 5.41) is 9.78. The molecular formula is C17H14N2O4. The predicted molar refractivity (Wildman–Crippen MR) is 83.1 cm³/mol. The number of carboxylic acid groups (broad SMARTS) is 1. The molecule has 0 spiro atoms. The summed E-state index contributed by atoms with van der Waals surface area (Å²) >= 11 is 0. The fraction of sp³-hybridized carbons (Fsp3) is 0.118. The minimum absolute atomic E-state index is 0.0489. The lowest BCUT2D eigenvalue weighted by Gasteiger charge is -2.22. The average Bonchev–Trinajstić information content (AvgIpc) is 2.98. The molecule has 0 aliphatic heterocycles. The van der Waals surface area contributed by atoms with E-state index in [4.69, 9.17) is 10.2 Å². The molecule has 0 aliphatic rings. The van der Waals surface area contributed by atoms with Gasteiger partial charge in [-0.15, -0.1) is 0 Å². The van der Waals surface area contributed by atoms with E-state index in [1.807, 2.05) is 0 Å². The highest BCUT2D eigenvalue weighted by atomic mass is 16.4. The topological polar surface area (TPSA) is 106 Å². The molecule has 0 bridgehead atoms. The summed E-state index contributed by atoms with van der Waals surface area (Å²) in [6.45, 7) is 1.49. The Morgan fingerprint density at radius 3 is 2.57 bits per heavy atom. The van der Waals surface area contributed by atoms with E-state index >= 15 is 0 Å². The first-order chi connectivity index (χ1) is 10.9.